The van der Waals surface area contributed by atoms with Crippen LogP contribution in [0.3, 0.4) is 0 Å². The van der Waals surface area contributed by atoms with E-state index < -0.39 is 0 Å². The Morgan fingerprint density at radius 1 is 1.25 bits per heavy atom. The summed E-state index contributed by atoms with van der Waals surface area (Å²) in [7, 11) is 0. The van der Waals surface area contributed by atoms with E-state index in [1.54, 1.807) is 11.3 Å². The van der Waals surface area contributed by atoms with Crippen LogP contribution in [0.5, 0.6) is 0 Å². The van der Waals surface area contributed by atoms with Gasteiger partial charge in [-0.05, 0) is 23.9 Å². The van der Waals surface area contributed by atoms with Gasteiger partial charge in [-0.3, -0.25) is 4.79 Å². The lowest BCUT2D eigenvalue weighted by molar-refractivity contribution is -0.122. The molecule has 0 saturated carbocycles. The molecule has 0 aliphatic heterocycles. The summed E-state index contributed by atoms with van der Waals surface area (Å²) in [5.41, 5.74) is 7.04. The first-order valence-electron chi connectivity index (χ1n) is 6.77. The van der Waals surface area contributed by atoms with Crippen LogP contribution in [-0.2, 0) is 11.2 Å². The second-order valence-electron chi connectivity index (χ2n) is 4.97. The van der Waals surface area contributed by atoms with Crippen molar-refractivity contribution < 1.29 is 4.79 Å². The number of benzene rings is 1. The zero-order valence-electron chi connectivity index (χ0n) is 11.6. The van der Waals surface area contributed by atoms with Crippen LogP contribution in [-0.4, -0.2) is 11.9 Å². The fourth-order valence-corrected chi connectivity index (χ4v) is 2.97. The van der Waals surface area contributed by atoms with Gasteiger partial charge >= 0.3 is 0 Å². The van der Waals surface area contributed by atoms with Crippen molar-refractivity contribution in [3.8, 4) is 0 Å². The molecule has 0 saturated heterocycles. The Hall–Kier alpha value is -1.65. The number of rotatable bonds is 6. The average Bonchev–Trinajstić information content (AvgIpc) is 2.92. The largest absolute Gasteiger partial charge is 0.353 e. The van der Waals surface area contributed by atoms with E-state index in [-0.39, 0.29) is 18.0 Å². The van der Waals surface area contributed by atoms with Gasteiger partial charge in [-0.15, -0.1) is 11.3 Å². The van der Waals surface area contributed by atoms with E-state index in [9.17, 15) is 4.79 Å². The molecule has 0 radical (unpaired) electrons. The molecule has 20 heavy (non-hydrogen) atoms. The highest BCUT2D eigenvalue weighted by Gasteiger charge is 2.13. The lowest BCUT2D eigenvalue weighted by Crippen LogP contribution is -2.35. The summed E-state index contributed by atoms with van der Waals surface area (Å²) in [5.74, 6) is 0.00501. The Bertz CT molecular complexity index is 525. The maximum atomic E-state index is 12.0. The van der Waals surface area contributed by atoms with Crippen molar-refractivity contribution >= 4 is 17.2 Å². The Morgan fingerprint density at radius 2 is 2.00 bits per heavy atom. The fourth-order valence-electron chi connectivity index (χ4n) is 2.13. The fraction of sp³-hybridized carbons (Fsp3) is 0.312. The molecule has 2 unspecified atom stereocenters. The van der Waals surface area contributed by atoms with Gasteiger partial charge in [-0.25, -0.2) is 0 Å². The monoisotopic (exact) mass is 288 g/mol. The number of hydrogen-bond donors (Lipinski definition) is 2. The molecule has 0 bridgehead atoms. The molecular formula is C16H20N2OS. The Kier molecular flexibility index (Phi) is 5.32. The van der Waals surface area contributed by atoms with Crippen LogP contribution in [0.25, 0.3) is 0 Å². The van der Waals surface area contributed by atoms with Crippen molar-refractivity contribution in [1.29, 1.82) is 0 Å². The maximum absolute atomic E-state index is 12.0. The van der Waals surface area contributed by atoms with Gasteiger partial charge in [0.15, 0.2) is 0 Å². The van der Waals surface area contributed by atoms with E-state index in [2.05, 4.69) is 16.8 Å². The van der Waals surface area contributed by atoms with Crippen molar-refractivity contribution in [2.24, 2.45) is 5.73 Å². The molecule has 3 N–H and O–H groups in total. The molecule has 0 aliphatic carbocycles. The summed E-state index contributed by atoms with van der Waals surface area (Å²) in [5, 5.41) is 5.06. The minimum atomic E-state index is -0.245. The third kappa shape index (κ3) is 4.47. The molecule has 0 spiro atoms. The molecule has 3 nitrogen and oxygen atoms in total. The minimum absolute atomic E-state index is 0.00501. The standard InChI is InChI=1S/C16H20N2OS/c1-12(10-14-8-5-9-20-14)18-16(19)11-15(17)13-6-3-2-4-7-13/h2-9,12,15H,10-11,17H2,1H3,(H,18,19). The van der Waals surface area contributed by atoms with E-state index in [1.165, 1.54) is 4.88 Å². The van der Waals surface area contributed by atoms with Crippen LogP contribution in [0.15, 0.2) is 47.8 Å². The molecule has 2 aromatic rings. The number of carbonyl (C=O) groups is 1. The van der Waals surface area contributed by atoms with E-state index in [1.807, 2.05) is 43.3 Å². The van der Waals surface area contributed by atoms with Gasteiger partial charge in [-0.1, -0.05) is 36.4 Å². The summed E-state index contributed by atoms with van der Waals surface area (Å²) >= 11 is 1.71. The van der Waals surface area contributed by atoms with Gasteiger partial charge < -0.3 is 11.1 Å². The summed E-state index contributed by atoms with van der Waals surface area (Å²) in [6, 6.07) is 13.7. The molecule has 2 rings (SSSR count). The Balaban J connectivity index is 1.80. The van der Waals surface area contributed by atoms with Crippen molar-refractivity contribution in [2.45, 2.75) is 31.8 Å². The minimum Gasteiger partial charge on any atom is -0.353 e. The third-order valence-electron chi connectivity index (χ3n) is 3.13. The van der Waals surface area contributed by atoms with Gasteiger partial charge in [0.25, 0.3) is 0 Å². The smallest absolute Gasteiger partial charge is 0.222 e. The van der Waals surface area contributed by atoms with Crippen molar-refractivity contribution in [3.63, 3.8) is 0 Å². The quantitative estimate of drug-likeness (QED) is 0.858. The lowest BCUT2D eigenvalue weighted by atomic mass is 10.0. The zero-order chi connectivity index (χ0) is 14.4. The summed E-state index contributed by atoms with van der Waals surface area (Å²) in [4.78, 5) is 13.3. The highest BCUT2D eigenvalue weighted by molar-refractivity contribution is 7.09. The van der Waals surface area contributed by atoms with Crippen LogP contribution in [0, 0.1) is 0 Å². The van der Waals surface area contributed by atoms with Crippen LogP contribution >= 0.6 is 11.3 Å². The Labute approximate surface area is 123 Å². The van der Waals surface area contributed by atoms with Crippen LogP contribution in [0.4, 0.5) is 0 Å². The first-order chi connectivity index (χ1) is 9.65. The normalized spacial score (nSPS) is 13.7. The van der Waals surface area contributed by atoms with Crippen LogP contribution in [0.2, 0.25) is 0 Å². The predicted octanol–water partition coefficient (Wildman–Crippen LogP) is 2.89. The second kappa shape index (κ2) is 7.22. The van der Waals surface area contributed by atoms with Crippen molar-refractivity contribution in [3.05, 3.63) is 58.3 Å². The van der Waals surface area contributed by atoms with Crippen molar-refractivity contribution in [2.75, 3.05) is 0 Å². The molecular weight excluding hydrogens is 268 g/mol. The number of nitrogens with one attached hydrogen (secondary N) is 1. The predicted molar refractivity (Wildman–Crippen MR) is 83.6 cm³/mol. The van der Waals surface area contributed by atoms with E-state index in [4.69, 9.17) is 5.73 Å². The van der Waals surface area contributed by atoms with E-state index in [0.29, 0.717) is 6.42 Å². The van der Waals surface area contributed by atoms with Gasteiger partial charge in [0.1, 0.15) is 0 Å². The lowest BCUT2D eigenvalue weighted by Gasteiger charge is -2.16. The number of thiophene rings is 1. The van der Waals surface area contributed by atoms with E-state index >= 15 is 0 Å². The van der Waals surface area contributed by atoms with E-state index in [0.717, 1.165) is 12.0 Å². The first-order valence-corrected chi connectivity index (χ1v) is 7.65. The number of nitrogens with two attached hydrogens (primary N) is 1. The molecule has 1 heterocycles. The Morgan fingerprint density at radius 3 is 2.65 bits per heavy atom. The molecule has 4 heteroatoms. The van der Waals surface area contributed by atoms with Crippen LogP contribution < -0.4 is 11.1 Å². The molecule has 0 aliphatic rings. The van der Waals surface area contributed by atoms with Gasteiger partial charge in [-0.2, -0.15) is 0 Å². The highest BCUT2D eigenvalue weighted by atomic mass is 32.1. The van der Waals surface area contributed by atoms with Gasteiger partial charge in [0.2, 0.25) is 5.91 Å². The third-order valence-corrected chi connectivity index (χ3v) is 4.03. The SMILES string of the molecule is CC(Cc1cccs1)NC(=O)CC(N)c1ccccc1. The summed E-state index contributed by atoms with van der Waals surface area (Å²) < 4.78 is 0. The molecule has 1 aromatic heterocycles. The molecule has 2 atom stereocenters. The maximum Gasteiger partial charge on any atom is 0.222 e. The second-order valence-corrected chi connectivity index (χ2v) is 6.01. The van der Waals surface area contributed by atoms with Crippen molar-refractivity contribution in [1.82, 2.24) is 5.32 Å². The molecule has 1 aromatic carbocycles. The number of carbonyl (C=O) groups excluding carboxylic acids is 1. The summed E-state index contributed by atoms with van der Waals surface area (Å²) in [6.07, 6.45) is 1.18. The number of amides is 1. The zero-order valence-corrected chi connectivity index (χ0v) is 12.4. The molecule has 1 amide bonds. The summed E-state index contributed by atoms with van der Waals surface area (Å²) in [6.45, 7) is 2.02. The average molecular weight is 288 g/mol. The highest BCUT2D eigenvalue weighted by Crippen LogP contribution is 2.14. The number of hydrogen-bond acceptors (Lipinski definition) is 3. The van der Waals surface area contributed by atoms with Gasteiger partial charge in [0.05, 0.1) is 0 Å². The van der Waals surface area contributed by atoms with Gasteiger partial charge in [0, 0.05) is 29.8 Å². The molecule has 0 fully saturated rings. The van der Waals surface area contributed by atoms with Crippen LogP contribution in [0.1, 0.15) is 29.8 Å². The topological polar surface area (TPSA) is 55.1 Å². The first kappa shape index (κ1) is 14.8. The molecule has 106 valence electrons.